The molecule has 0 aliphatic carbocycles. The number of unbranched alkanes of at least 4 members (excludes halogenated alkanes) is 14. The maximum absolute atomic E-state index is 9.88. The molecule has 0 aromatic carbocycles. The van der Waals surface area contributed by atoms with Crippen molar-refractivity contribution < 1.29 is 0 Å². The van der Waals surface area contributed by atoms with Crippen molar-refractivity contribution in [3.05, 3.63) is 79.6 Å². The van der Waals surface area contributed by atoms with Gasteiger partial charge in [-0.05, 0) is 156 Å². The molecule has 0 saturated carbocycles. The fourth-order valence-corrected chi connectivity index (χ4v) is 28.2. The fourth-order valence-electron chi connectivity index (χ4n) is 12.7. The Balaban J connectivity index is 1.43. The Labute approximate surface area is 527 Å². The third-order valence-corrected chi connectivity index (χ3v) is 31.1. The van der Waals surface area contributed by atoms with E-state index in [-0.39, 0.29) is 11.1 Å². The molecule has 1 aliphatic rings. The number of allylic oxidation sites excluding steroid dienone is 2. The van der Waals surface area contributed by atoms with Gasteiger partial charge in [0.2, 0.25) is 0 Å². The van der Waals surface area contributed by atoms with Crippen molar-refractivity contribution >= 4 is 98.6 Å². The highest BCUT2D eigenvalue weighted by Crippen LogP contribution is 2.53. The van der Waals surface area contributed by atoms with Gasteiger partial charge in [0.15, 0.2) is 0 Å². The molecular weight excluding hydrogens is 1140 g/mol. The Bertz CT molecular complexity index is 3000. The summed E-state index contributed by atoms with van der Waals surface area (Å²) in [6.07, 6.45) is 37.2. The lowest BCUT2D eigenvalue weighted by molar-refractivity contribution is 0.469. The first-order valence-corrected chi connectivity index (χ1v) is 39.8. The first-order chi connectivity index (χ1) is 40.6. The van der Waals surface area contributed by atoms with E-state index in [9.17, 15) is 21.0 Å². The number of nitrogens with zero attached hydrogens (tertiary/aromatic N) is 4. The van der Waals surface area contributed by atoms with Gasteiger partial charge < -0.3 is 0 Å². The summed E-state index contributed by atoms with van der Waals surface area (Å²) in [6.45, 7) is 18.9. The number of aryl methyl sites for hydroxylation is 4. The standard InChI is InChI=1S/C72H94N4S6Si/c1-9-17-23-27-33-55-39-61(77-59(55)37-53(45-73)46-74)63-41-57(35-29-25-19-11-3)69(79-63)65-43-67-71(81-65)72-68(83(67,49-51(15-7)31-21-13-5)50-52(16-8)32-22-14-6)44-66(82-72)70-58(36-30-26-20-12-4)42-64(80-70)62-40-56(34-28-24-18-10-2)60(78-62)38-54(47-75)48-76/h37-44,51-52H,9-36,49-50H2,1-8H3. The molecule has 7 rings (SSSR count). The summed E-state index contributed by atoms with van der Waals surface area (Å²) in [4.78, 5) is 16.3. The summed E-state index contributed by atoms with van der Waals surface area (Å²) in [7, 11) is -2.36. The number of thiophene rings is 6. The van der Waals surface area contributed by atoms with Gasteiger partial charge in [-0.2, -0.15) is 21.0 Å². The molecule has 442 valence electrons. The molecule has 2 atom stereocenters. The Morgan fingerprint density at radius 2 is 0.687 bits per heavy atom. The van der Waals surface area contributed by atoms with Crippen LogP contribution in [0.3, 0.4) is 0 Å². The van der Waals surface area contributed by atoms with Crippen LogP contribution in [-0.2, 0) is 25.7 Å². The SMILES string of the molecule is CCCCCCc1cc(-c2cc(CCCCCC)c(-c3cc4c(s3)-c3sc(-c5sc(-c6cc(CCCCCC)c(C=C(C#N)C#N)s6)cc5CCCCCC)cc3[Si]4(CC(CC)CCCC)CC(CC)CCCC)s2)sc1C=C(C#N)C#N. The summed E-state index contributed by atoms with van der Waals surface area (Å²) in [5.74, 6) is 1.39. The molecule has 6 aromatic rings. The van der Waals surface area contributed by atoms with Gasteiger partial charge in [0.25, 0.3) is 0 Å². The summed E-state index contributed by atoms with van der Waals surface area (Å²) in [5, 5.41) is 43.0. The molecule has 83 heavy (non-hydrogen) atoms. The Morgan fingerprint density at radius 1 is 0.373 bits per heavy atom. The zero-order valence-electron chi connectivity index (χ0n) is 51.7. The predicted octanol–water partition coefficient (Wildman–Crippen LogP) is 24.1. The van der Waals surface area contributed by atoms with Crippen LogP contribution in [0, 0.1) is 57.2 Å². The Kier molecular flexibility index (Phi) is 27.4. The fraction of sp³-hybridized carbons (Fsp3) is 0.556. The number of hydrogen-bond donors (Lipinski definition) is 0. The zero-order valence-corrected chi connectivity index (χ0v) is 57.6. The quantitative estimate of drug-likeness (QED) is 0.0219. The highest BCUT2D eigenvalue weighted by Gasteiger charge is 2.50. The van der Waals surface area contributed by atoms with Crippen molar-refractivity contribution in [2.75, 3.05) is 0 Å². The van der Waals surface area contributed by atoms with Gasteiger partial charge in [0.1, 0.15) is 43.5 Å². The highest BCUT2D eigenvalue weighted by atomic mass is 32.1. The van der Waals surface area contributed by atoms with E-state index in [1.165, 1.54) is 215 Å². The molecule has 0 fully saturated rings. The smallest absolute Gasteiger partial charge is 0.131 e. The van der Waals surface area contributed by atoms with Crippen molar-refractivity contribution in [3.8, 4) is 73.0 Å². The third-order valence-electron chi connectivity index (χ3n) is 17.5. The van der Waals surface area contributed by atoms with Crippen LogP contribution in [0.15, 0.2) is 47.5 Å². The summed E-state index contributed by atoms with van der Waals surface area (Å²) >= 11 is 11.8. The topological polar surface area (TPSA) is 95.2 Å². The van der Waals surface area contributed by atoms with Crippen LogP contribution in [-0.4, -0.2) is 8.07 Å². The van der Waals surface area contributed by atoms with Crippen LogP contribution < -0.4 is 10.4 Å². The molecule has 0 amide bonds. The maximum Gasteiger partial charge on any atom is 0.131 e. The molecule has 0 bridgehead atoms. The minimum atomic E-state index is -2.36. The van der Waals surface area contributed by atoms with E-state index < -0.39 is 8.07 Å². The monoisotopic (exact) mass is 1230 g/mol. The largest absolute Gasteiger partial charge is 0.192 e. The lowest BCUT2D eigenvalue weighted by Crippen LogP contribution is -2.56. The molecule has 6 aromatic heterocycles. The van der Waals surface area contributed by atoms with Crippen LogP contribution >= 0.6 is 68.0 Å². The van der Waals surface area contributed by atoms with Crippen molar-refractivity contribution in [2.45, 2.75) is 247 Å². The first kappa shape index (κ1) is 66.4. The molecule has 0 radical (unpaired) electrons. The second-order valence-corrected chi connectivity index (χ2v) is 34.2. The van der Waals surface area contributed by atoms with Gasteiger partial charge in [-0.25, -0.2) is 0 Å². The second-order valence-electron chi connectivity index (χ2n) is 23.8. The van der Waals surface area contributed by atoms with Crippen molar-refractivity contribution in [1.29, 1.82) is 21.0 Å². The molecule has 2 unspecified atom stereocenters. The molecule has 7 heterocycles. The van der Waals surface area contributed by atoms with Gasteiger partial charge in [-0.15, -0.1) is 68.0 Å². The third kappa shape index (κ3) is 17.1. The lowest BCUT2D eigenvalue weighted by Gasteiger charge is -2.35. The normalized spacial score (nSPS) is 13.0. The minimum absolute atomic E-state index is 0.177. The lowest BCUT2D eigenvalue weighted by atomic mass is 10.0. The van der Waals surface area contributed by atoms with Gasteiger partial charge in [0.05, 0.1) is 0 Å². The van der Waals surface area contributed by atoms with E-state index in [1.54, 1.807) is 42.8 Å². The van der Waals surface area contributed by atoms with Gasteiger partial charge >= 0.3 is 0 Å². The van der Waals surface area contributed by atoms with E-state index in [0.717, 1.165) is 48.3 Å². The second kappa shape index (κ2) is 34.3. The number of hydrogen-bond acceptors (Lipinski definition) is 10. The van der Waals surface area contributed by atoms with E-state index >= 15 is 0 Å². The van der Waals surface area contributed by atoms with E-state index in [4.69, 9.17) is 0 Å². The molecule has 11 heteroatoms. The van der Waals surface area contributed by atoms with Crippen LogP contribution in [0.5, 0.6) is 0 Å². The molecule has 4 nitrogen and oxygen atoms in total. The van der Waals surface area contributed by atoms with Crippen LogP contribution in [0.25, 0.3) is 60.9 Å². The van der Waals surface area contributed by atoms with E-state index in [1.807, 2.05) is 34.8 Å². The summed E-state index contributed by atoms with van der Waals surface area (Å²) < 4.78 is 0. The molecular formula is C72H94N4S6Si. The van der Waals surface area contributed by atoms with E-state index in [2.05, 4.69) is 139 Å². The van der Waals surface area contributed by atoms with Crippen molar-refractivity contribution in [1.82, 2.24) is 0 Å². The van der Waals surface area contributed by atoms with Crippen LogP contribution in [0.2, 0.25) is 12.1 Å². The first-order valence-electron chi connectivity index (χ1n) is 32.4. The Hall–Kier alpha value is -4.14. The molecule has 0 N–H and O–H groups in total. The summed E-state index contributed by atoms with van der Waals surface area (Å²) in [6, 6.07) is 26.7. The average molecular weight is 1240 g/mol. The van der Waals surface area contributed by atoms with Crippen molar-refractivity contribution in [2.24, 2.45) is 11.8 Å². The van der Waals surface area contributed by atoms with Crippen LogP contribution in [0.4, 0.5) is 0 Å². The Morgan fingerprint density at radius 3 is 1.01 bits per heavy atom. The zero-order chi connectivity index (χ0) is 59.1. The van der Waals surface area contributed by atoms with Crippen molar-refractivity contribution in [3.63, 3.8) is 0 Å². The molecule has 0 spiro atoms. The van der Waals surface area contributed by atoms with Crippen LogP contribution in [0.1, 0.15) is 241 Å². The minimum Gasteiger partial charge on any atom is -0.192 e. The van der Waals surface area contributed by atoms with Gasteiger partial charge in [0, 0.05) is 58.5 Å². The van der Waals surface area contributed by atoms with Gasteiger partial charge in [-0.1, -0.05) is 184 Å². The highest BCUT2D eigenvalue weighted by molar-refractivity contribution is 7.34. The maximum atomic E-state index is 9.88. The molecule has 0 saturated heterocycles. The average Bonchev–Trinajstić information content (AvgIpc) is 1.75. The number of rotatable bonds is 38. The predicted molar refractivity (Wildman–Crippen MR) is 372 cm³/mol. The van der Waals surface area contributed by atoms with Gasteiger partial charge in [-0.3, -0.25) is 0 Å². The summed E-state index contributed by atoms with van der Waals surface area (Å²) in [5.41, 5.74) is 5.86. The molecule has 1 aliphatic heterocycles. The van der Waals surface area contributed by atoms with E-state index in [0.29, 0.717) is 11.8 Å². The number of nitriles is 4. The number of fused-ring (bicyclic) bond motifs is 3.